The minimum atomic E-state index is -1.33. The van der Waals surface area contributed by atoms with E-state index in [1.807, 2.05) is 30.3 Å². The molecule has 0 spiro atoms. The molecule has 0 saturated carbocycles. The first-order chi connectivity index (χ1) is 16.3. The van der Waals surface area contributed by atoms with Crippen LogP contribution in [0.1, 0.15) is 37.6 Å². The fraction of sp³-hybridized carbons (Fsp3) is 0.320. The monoisotopic (exact) mass is 463 g/mol. The molecule has 0 unspecified atom stereocenters. The summed E-state index contributed by atoms with van der Waals surface area (Å²) >= 11 is 0. The van der Waals surface area contributed by atoms with Crippen molar-refractivity contribution in [2.24, 2.45) is 0 Å². The predicted octanol–water partition coefficient (Wildman–Crippen LogP) is 3.24. The summed E-state index contributed by atoms with van der Waals surface area (Å²) in [5, 5.41) is 6.45. The normalized spacial score (nSPS) is 20.7. The fourth-order valence-corrected chi connectivity index (χ4v) is 4.23. The van der Waals surface area contributed by atoms with Crippen molar-refractivity contribution in [1.82, 2.24) is 15.5 Å². The number of amides is 4. The number of benzene rings is 2. The molecule has 9 heteroatoms. The van der Waals surface area contributed by atoms with E-state index in [1.165, 1.54) is 0 Å². The van der Waals surface area contributed by atoms with Gasteiger partial charge in [0.25, 0.3) is 5.91 Å². The SMILES string of the molecule is C[C@@H](NC(=O)CN1C(=O)N[C@](C)(c2ccc3c(c2)OCCCO3)C1=O)c1cc2ccccc2o1. The van der Waals surface area contributed by atoms with Crippen LogP contribution in [0.5, 0.6) is 11.5 Å². The molecular weight excluding hydrogens is 438 g/mol. The van der Waals surface area contributed by atoms with Gasteiger partial charge in [-0.1, -0.05) is 24.3 Å². The largest absolute Gasteiger partial charge is 0.490 e. The van der Waals surface area contributed by atoms with Crippen LogP contribution in [0.3, 0.4) is 0 Å². The number of hydrogen-bond acceptors (Lipinski definition) is 6. The highest BCUT2D eigenvalue weighted by molar-refractivity contribution is 6.09. The Morgan fingerprint density at radius 3 is 2.68 bits per heavy atom. The lowest BCUT2D eigenvalue weighted by molar-refractivity contribution is -0.135. The summed E-state index contributed by atoms with van der Waals surface area (Å²) in [7, 11) is 0. The fourth-order valence-electron chi connectivity index (χ4n) is 4.23. The standard InChI is InChI=1S/C25H25N3O6/c1-15(20-12-16-6-3-4-7-18(16)34-20)26-22(29)14-28-23(30)25(2,27-24(28)31)17-8-9-19-21(13-17)33-11-5-10-32-19/h3-4,6-9,12-13,15H,5,10-11,14H2,1-2H3,(H,26,29)(H,27,31)/t15-,25-/m1/s1. The summed E-state index contributed by atoms with van der Waals surface area (Å²) in [4.78, 5) is 39.5. The van der Waals surface area contributed by atoms with Crippen molar-refractivity contribution >= 4 is 28.8 Å². The number of imide groups is 1. The van der Waals surface area contributed by atoms with Crippen LogP contribution in [0.15, 0.2) is 52.9 Å². The van der Waals surface area contributed by atoms with Crippen LogP contribution in [0.2, 0.25) is 0 Å². The molecular formula is C25H25N3O6. The number of para-hydroxylation sites is 1. The van der Waals surface area contributed by atoms with Gasteiger partial charge in [0.05, 0.1) is 19.3 Å². The molecule has 2 aliphatic rings. The zero-order chi connectivity index (χ0) is 23.9. The van der Waals surface area contributed by atoms with Gasteiger partial charge in [0.1, 0.15) is 23.4 Å². The van der Waals surface area contributed by atoms with Crippen molar-refractivity contribution in [3.05, 3.63) is 59.9 Å². The van der Waals surface area contributed by atoms with Gasteiger partial charge in [0, 0.05) is 11.8 Å². The Morgan fingerprint density at radius 2 is 1.88 bits per heavy atom. The molecule has 2 N–H and O–H groups in total. The third-order valence-electron chi connectivity index (χ3n) is 6.15. The Bertz CT molecular complexity index is 1250. The van der Waals surface area contributed by atoms with Crippen LogP contribution in [0.25, 0.3) is 11.0 Å². The van der Waals surface area contributed by atoms with Gasteiger partial charge in [-0.05, 0) is 43.7 Å². The Morgan fingerprint density at radius 1 is 1.12 bits per heavy atom. The first kappa shape index (κ1) is 21.8. The number of fused-ring (bicyclic) bond motifs is 2. The first-order valence-corrected chi connectivity index (χ1v) is 11.2. The molecule has 9 nitrogen and oxygen atoms in total. The predicted molar refractivity (Wildman–Crippen MR) is 122 cm³/mol. The van der Waals surface area contributed by atoms with Gasteiger partial charge in [0.15, 0.2) is 11.5 Å². The van der Waals surface area contributed by atoms with E-state index in [2.05, 4.69) is 10.6 Å². The minimum Gasteiger partial charge on any atom is -0.490 e. The van der Waals surface area contributed by atoms with E-state index in [1.54, 1.807) is 32.0 Å². The second kappa shape index (κ2) is 8.40. The summed E-state index contributed by atoms with van der Waals surface area (Å²) in [6.07, 6.45) is 0.756. The average Bonchev–Trinajstić information content (AvgIpc) is 3.23. The van der Waals surface area contributed by atoms with E-state index >= 15 is 0 Å². The zero-order valence-corrected chi connectivity index (χ0v) is 18.9. The third kappa shape index (κ3) is 3.83. The molecule has 0 aliphatic carbocycles. The van der Waals surface area contributed by atoms with E-state index in [0.29, 0.717) is 36.0 Å². The summed E-state index contributed by atoms with van der Waals surface area (Å²) in [6, 6.07) is 13.5. The molecule has 5 rings (SSSR count). The average molecular weight is 463 g/mol. The van der Waals surface area contributed by atoms with Gasteiger partial charge in [-0.2, -0.15) is 0 Å². The lowest BCUT2D eigenvalue weighted by atomic mass is 9.91. The van der Waals surface area contributed by atoms with Crippen LogP contribution in [0, 0.1) is 0 Å². The maximum Gasteiger partial charge on any atom is 0.325 e. The highest BCUT2D eigenvalue weighted by Crippen LogP contribution is 2.36. The number of urea groups is 1. The maximum absolute atomic E-state index is 13.3. The van der Waals surface area contributed by atoms with Crippen molar-refractivity contribution < 1.29 is 28.3 Å². The molecule has 0 radical (unpaired) electrons. The second-order valence-electron chi connectivity index (χ2n) is 8.63. The summed E-state index contributed by atoms with van der Waals surface area (Å²) < 4.78 is 17.2. The number of nitrogens with zero attached hydrogens (tertiary/aromatic N) is 1. The minimum absolute atomic E-state index is 0.407. The van der Waals surface area contributed by atoms with E-state index < -0.39 is 36.0 Å². The molecule has 176 valence electrons. The number of hydrogen-bond donors (Lipinski definition) is 2. The number of carbonyl (C=O) groups is 3. The molecule has 1 fully saturated rings. The Hall–Kier alpha value is -4.01. The van der Waals surface area contributed by atoms with Crippen LogP contribution < -0.4 is 20.1 Å². The van der Waals surface area contributed by atoms with E-state index in [9.17, 15) is 14.4 Å². The van der Waals surface area contributed by atoms with Gasteiger partial charge >= 0.3 is 6.03 Å². The highest BCUT2D eigenvalue weighted by atomic mass is 16.5. The number of nitrogens with one attached hydrogen (secondary N) is 2. The van der Waals surface area contributed by atoms with E-state index in [-0.39, 0.29) is 0 Å². The lowest BCUT2D eigenvalue weighted by Crippen LogP contribution is -2.43. The lowest BCUT2D eigenvalue weighted by Gasteiger charge is -2.23. The second-order valence-corrected chi connectivity index (χ2v) is 8.63. The Kier molecular flexibility index (Phi) is 5.39. The molecule has 1 aromatic heterocycles. The molecule has 2 aromatic carbocycles. The first-order valence-electron chi connectivity index (χ1n) is 11.2. The number of ether oxygens (including phenoxy) is 2. The quantitative estimate of drug-likeness (QED) is 0.562. The van der Waals surface area contributed by atoms with Crippen LogP contribution in [-0.2, 0) is 15.1 Å². The van der Waals surface area contributed by atoms with Gasteiger partial charge in [-0.15, -0.1) is 0 Å². The molecule has 2 aliphatic heterocycles. The molecule has 3 heterocycles. The van der Waals surface area contributed by atoms with Crippen molar-refractivity contribution in [2.75, 3.05) is 19.8 Å². The maximum atomic E-state index is 13.3. The Balaban J connectivity index is 1.29. The number of carbonyl (C=O) groups excluding carboxylic acids is 3. The summed E-state index contributed by atoms with van der Waals surface area (Å²) in [5.74, 6) is 0.716. The van der Waals surface area contributed by atoms with E-state index in [4.69, 9.17) is 13.9 Å². The summed E-state index contributed by atoms with van der Waals surface area (Å²) in [6.45, 7) is 4.04. The van der Waals surface area contributed by atoms with Crippen molar-refractivity contribution in [1.29, 1.82) is 0 Å². The molecule has 0 bridgehead atoms. The molecule has 4 amide bonds. The molecule has 3 aromatic rings. The van der Waals surface area contributed by atoms with Gasteiger partial charge in [-0.25, -0.2) is 4.79 Å². The van der Waals surface area contributed by atoms with Gasteiger partial charge in [-0.3, -0.25) is 14.5 Å². The highest BCUT2D eigenvalue weighted by Gasteiger charge is 2.49. The smallest absolute Gasteiger partial charge is 0.325 e. The van der Waals surface area contributed by atoms with Crippen molar-refractivity contribution in [3.8, 4) is 11.5 Å². The van der Waals surface area contributed by atoms with E-state index in [0.717, 1.165) is 22.3 Å². The molecule has 34 heavy (non-hydrogen) atoms. The van der Waals surface area contributed by atoms with Crippen LogP contribution in [0.4, 0.5) is 4.79 Å². The zero-order valence-electron chi connectivity index (χ0n) is 18.9. The third-order valence-corrected chi connectivity index (χ3v) is 6.15. The summed E-state index contributed by atoms with van der Waals surface area (Å²) in [5.41, 5.74) is -0.0564. The van der Waals surface area contributed by atoms with Gasteiger partial charge in [0.2, 0.25) is 5.91 Å². The number of rotatable bonds is 5. The molecule has 1 saturated heterocycles. The Labute approximate surface area is 196 Å². The topological polar surface area (TPSA) is 110 Å². The van der Waals surface area contributed by atoms with Crippen molar-refractivity contribution in [3.63, 3.8) is 0 Å². The van der Waals surface area contributed by atoms with Crippen LogP contribution in [-0.4, -0.2) is 42.5 Å². The molecule has 2 atom stereocenters. The van der Waals surface area contributed by atoms with Gasteiger partial charge < -0.3 is 24.5 Å². The van der Waals surface area contributed by atoms with Crippen LogP contribution >= 0.6 is 0 Å². The number of furan rings is 1. The van der Waals surface area contributed by atoms with Crippen molar-refractivity contribution in [2.45, 2.75) is 31.8 Å².